The van der Waals surface area contributed by atoms with Crippen molar-refractivity contribution in [2.45, 2.75) is 43.9 Å². The van der Waals surface area contributed by atoms with Crippen LogP contribution in [0.1, 0.15) is 41.6 Å². The summed E-state index contributed by atoms with van der Waals surface area (Å²) < 4.78 is 38.8. The minimum atomic E-state index is -4.70. The Morgan fingerprint density at radius 1 is 1.12 bits per heavy atom. The third kappa shape index (κ3) is 3.66. The summed E-state index contributed by atoms with van der Waals surface area (Å²) >= 11 is 0. The number of phenolic OH excluding ortho intramolecular Hbond substituents is 1. The number of carbonyl (C=O) groups excluding carboxylic acids is 1. The van der Waals surface area contributed by atoms with Crippen molar-refractivity contribution in [1.29, 1.82) is 0 Å². The van der Waals surface area contributed by atoms with E-state index in [0.717, 1.165) is 37.8 Å². The molecule has 4 nitrogen and oxygen atoms in total. The van der Waals surface area contributed by atoms with Gasteiger partial charge in [0.15, 0.2) is 0 Å². The van der Waals surface area contributed by atoms with Gasteiger partial charge in [0.05, 0.1) is 11.1 Å². The second-order valence-electron chi connectivity index (χ2n) is 6.50. The van der Waals surface area contributed by atoms with Crippen LogP contribution in [0.15, 0.2) is 18.2 Å². The molecule has 1 fully saturated rings. The van der Waals surface area contributed by atoms with Gasteiger partial charge in [0.1, 0.15) is 5.75 Å². The summed E-state index contributed by atoms with van der Waals surface area (Å²) in [5, 5.41) is 9.94. The number of aromatic hydroxyl groups is 1. The lowest BCUT2D eigenvalue weighted by Gasteiger charge is -2.41. The van der Waals surface area contributed by atoms with Crippen molar-refractivity contribution in [3.05, 3.63) is 29.3 Å². The maximum absolute atomic E-state index is 12.9. The number of halogens is 3. The van der Waals surface area contributed by atoms with Gasteiger partial charge in [0.2, 0.25) is 0 Å². The topological polar surface area (TPSA) is 43.8 Å². The Balaban J connectivity index is 2.31. The van der Waals surface area contributed by atoms with Crippen LogP contribution in [-0.2, 0) is 6.18 Å². The zero-order chi connectivity index (χ0) is 18.1. The lowest BCUT2D eigenvalue weighted by atomic mass is 9.88. The molecular weight excluding hydrogens is 321 g/mol. The molecule has 0 spiro atoms. The number of alkyl halides is 3. The summed E-state index contributed by atoms with van der Waals surface area (Å²) in [7, 11) is 5.46. The smallest absolute Gasteiger partial charge is 0.419 e. The van der Waals surface area contributed by atoms with Crippen LogP contribution < -0.4 is 0 Å². The number of para-hydroxylation sites is 1. The first kappa shape index (κ1) is 18.6. The second kappa shape index (κ2) is 7.01. The van der Waals surface area contributed by atoms with Gasteiger partial charge < -0.3 is 14.9 Å². The van der Waals surface area contributed by atoms with Crippen molar-refractivity contribution in [2.75, 3.05) is 21.1 Å². The first-order chi connectivity index (χ1) is 11.1. The van der Waals surface area contributed by atoms with E-state index in [4.69, 9.17) is 0 Å². The van der Waals surface area contributed by atoms with Crippen LogP contribution >= 0.6 is 0 Å². The summed E-state index contributed by atoms with van der Waals surface area (Å²) in [6.45, 7) is 0. The molecule has 0 heterocycles. The largest absolute Gasteiger partial charge is 0.506 e. The summed E-state index contributed by atoms with van der Waals surface area (Å²) in [6.07, 6.45) is -0.929. The molecule has 1 aromatic rings. The van der Waals surface area contributed by atoms with Gasteiger partial charge in [-0.15, -0.1) is 0 Å². The molecule has 134 valence electrons. The monoisotopic (exact) mass is 344 g/mol. The predicted molar refractivity (Wildman–Crippen MR) is 84.9 cm³/mol. The zero-order valence-electron chi connectivity index (χ0n) is 14.1. The fourth-order valence-corrected chi connectivity index (χ4v) is 3.43. The van der Waals surface area contributed by atoms with Crippen LogP contribution in [0.3, 0.4) is 0 Å². The van der Waals surface area contributed by atoms with E-state index in [1.165, 1.54) is 11.0 Å². The van der Waals surface area contributed by atoms with Crippen LogP contribution in [0, 0.1) is 0 Å². The molecule has 0 radical (unpaired) electrons. The van der Waals surface area contributed by atoms with E-state index in [2.05, 4.69) is 0 Å². The van der Waals surface area contributed by atoms with Gasteiger partial charge in [0, 0.05) is 19.1 Å². The van der Waals surface area contributed by atoms with E-state index in [0.29, 0.717) is 0 Å². The normalized spacial score (nSPS) is 21.8. The Hall–Kier alpha value is -1.76. The molecule has 0 saturated heterocycles. The fraction of sp³-hybridized carbons (Fsp3) is 0.588. The quantitative estimate of drug-likeness (QED) is 0.914. The summed E-state index contributed by atoms with van der Waals surface area (Å²) in [5.41, 5.74) is -1.50. The number of carbonyl (C=O) groups is 1. The molecule has 1 aliphatic carbocycles. The molecule has 1 saturated carbocycles. The van der Waals surface area contributed by atoms with E-state index in [1.54, 1.807) is 7.05 Å². The molecule has 0 aliphatic heterocycles. The van der Waals surface area contributed by atoms with Crippen molar-refractivity contribution in [1.82, 2.24) is 9.80 Å². The highest BCUT2D eigenvalue weighted by Gasteiger charge is 2.37. The van der Waals surface area contributed by atoms with Crippen LogP contribution in [-0.4, -0.2) is 54.0 Å². The number of benzene rings is 1. The molecule has 2 rings (SSSR count). The lowest BCUT2D eigenvalue weighted by molar-refractivity contribution is -0.138. The van der Waals surface area contributed by atoms with Gasteiger partial charge in [0.25, 0.3) is 5.91 Å². The zero-order valence-corrected chi connectivity index (χ0v) is 14.1. The lowest BCUT2D eigenvalue weighted by Crippen LogP contribution is -2.51. The Morgan fingerprint density at radius 2 is 1.71 bits per heavy atom. The third-order valence-corrected chi connectivity index (χ3v) is 4.75. The van der Waals surface area contributed by atoms with Crippen LogP contribution in [0.2, 0.25) is 0 Å². The molecule has 1 aliphatic rings. The third-order valence-electron chi connectivity index (χ3n) is 4.75. The Morgan fingerprint density at radius 3 is 2.25 bits per heavy atom. The highest BCUT2D eigenvalue weighted by molar-refractivity contribution is 5.97. The molecule has 0 unspecified atom stereocenters. The van der Waals surface area contributed by atoms with Crippen molar-refractivity contribution in [3.63, 3.8) is 0 Å². The van der Waals surface area contributed by atoms with Crippen LogP contribution in [0.4, 0.5) is 13.2 Å². The predicted octanol–water partition coefficient (Wildman–Crippen LogP) is 3.36. The number of amides is 1. The van der Waals surface area contributed by atoms with Crippen LogP contribution in [0.25, 0.3) is 0 Å². The van der Waals surface area contributed by atoms with Crippen molar-refractivity contribution < 1.29 is 23.1 Å². The standard InChI is InChI=1S/C17H23F3N2O2/c1-21(2)13-9-4-5-10-14(13)22(3)16(24)11-7-6-8-12(15(11)23)17(18,19)20/h6-8,13-14,23H,4-5,9-10H2,1-3H3/t13-,14-/m1/s1. The van der Waals surface area contributed by atoms with Gasteiger partial charge in [-0.2, -0.15) is 13.2 Å². The first-order valence-electron chi connectivity index (χ1n) is 7.97. The Labute approximate surface area is 139 Å². The maximum Gasteiger partial charge on any atom is 0.419 e. The highest BCUT2D eigenvalue weighted by Crippen LogP contribution is 2.38. The number of likely N-dealkylation sites (N-methyl/N-ethyl adjacent to an activating group) is 2. The van der Waals surface area contributed by atoms with E-state index in [9.17, 15) is 23.1 Å². The number of rotatable bonds is 3. The number of hydrogen-bond donors (Lipinski definition) is 1. The fourth-order valence-electron chi connectivity index (χ4n) is 3.43. The number of nitrogens with zero attached hydrogens (tertiary/aromatic N) is 2. The molecule has 1 N–H and O–H groups in total. The van der Waals surface area contributed by atoms with Crippen LogP contribution in [0.5, 0.6) is 5.75 Å². The van der Waals surface area contributed by atoms with Crippen molar-refractivity contribution in [3.8, 4) is 5.75 Å². The van der Waals surface area contributed by atoms with Gasteiger partial charge in [-0.25, -0.2) is 0 Å². The van der Waals surface area contributed by atoms with Crippen molar-refractivity contribution in [2.24, 2.45) is 0 Å². The van der Waals surface area contributed by atoms with Gasteiger partial charge in [-0.05, 0) is 39.1 Å². The van der Waals surface area contributed by atoms with E-state index < -0.39 is 23.4 Å². The summed E-state index contributed by atoms with van der Waals surface area (Å²) in [4.78, 5) is 16.2. The molecule has 24 heavy (non-hydrogen) atoms. The summed E-state index contributed by atoms with van der Waals surface area (Å²) in [5.74, 6) is -1.59. The molecule has 1 aromatic carbocycles. The Bertz CT molecular complexity index is 602. The minimum Gasteiger partial charge on any atom is -0.506 e. The van der Waals surface area contributed by atoms with Crippen molar-refractivity contribution >= 4 is 5.91 Å². The Kier molecular flexibility index (Phi) is 5.42. The summed E-state index contributed by atoms with van der Waals surface area (Å²) in [6, 6.07) is 3.22. The molecule has 1 amide bonds. The van der Waals surface area contributed by atoms with Gasteiger partial charge >= 0.3 is 6.18 Å². The number of hydrogen-bond acceptors (Lipinski definition) is 3. The minimum absolute atomic E-state index is 0.0878. The first-order valence-corrected chi connectivity index (χ1v) is 7.97. The maximum atomic E-state index is 12.9. The van der Waals surface area contributed by atoms with E-state index in [-0.39, 0.29) is 17.6 Å². The van der Waals surface area contributed by atoms with E-state index >= 15 is 0 Å². The molecule has 7 heteroatoms. The van der Waals surface area contributed by atoms with E-state index in [1.807, 2.05) is 19.0 Å². The average molecular weight is 344 g/mol. The highest BCUT2D eigenvalue weighted by atomic mass is 19.4. The SMILES string of the molecule is CN(C)[C@@H]1CCCC[C@H]1N(C)C(=O)c1cccc(C(F)(F)F)c1O. The number of phenols is 1. The molecule has 0 aromatic heterocycles. The second-order valence-corrected chi connectivity index (χ2v) is 6.50. The van der Waals surface area contributed by atoms with Gasteiger partial charge in [-0.1, -0.05) is 18.9 Å². The molecule has 2 atom stereocenters. The van der Waals surface area contributed by atoms with Gasteiger partial charge in [-0.3, -0.25) is 4.79 Å². The molecule has 0 bridgehead atoms. The average Bonchev–Trinajstić information content (AvgIpc) is 2.52. The molecular formula is C17H23F3N2O2.